The van der Waals surface area contributed by atoms with Gasteiger partial charge in [0.1, 0.15) is 13.0 Å². The largest absolute Gasteiger partial charge is 0.356 e. The zero-order valence-corrected chi connectivity index (χ0v) is 7.31. The van der Waals surface area contributed by atoms with Crippen molar-refractivity contribution in [2.24, 2.45) is 0 Å². The van der Waals surface area contributed by atoms with Crippen molar-refractivity contribution >= 4 is 19.2 Å². The summed E-state index contributed by atoms with van der Waals surface area (Å²) in [5.74, 6) is 5.13. The summed E-state index contributed by atoms with van der Waals surface area (Å²) in [6.45, 7) is -0.00215. The lowest BCUT2D eigenvalue weighted by Gasteiger charge is -2.00. The highest BCUT2D eigenvalue weighted by atomic mass is 35.5. The van der Waals surface area contributed by atoms with Crippen LogP contribution in [0.25, 0.3) is 0 Å². The van der Waals surface area contributed by atoms with Crippen molar-refractivity contribution in [1.82, 2.24) is 0 Å². The van der Waals surface area contributed by atoms with Crippen LogP contribution in [-0.2, 0) is 9.30 Å². The second kappa shape index (κ2) is 5.59. The van der Waals surface area contributed by atoms with Crippen LogP contribution in [0.3, 0.4) is 0 Å². The van der Waals surface area contributed by atoms with Crippen molar-refractivity contribution in [3.63, 3.8) is 0 Å². The lowest BCUT2D eigenvalue weighted by Crippen LogP contribution is -1.95. The lowest BCUT2D eigenvalue weighted by molar-refractivity contribution is 0.189. The van der Waals surface area contributed by atoms with Crippen LogP contribution in [0.15, 0.2) is 0 Å². The second-order valence-electron chi connectivity index (χ2n) is 1.63. The molecule has 0 bridgehead atoms. The SMILES string of the molecule is O=P(O)(O)COCC#CCCl. The Balaban J connectivity index is 3.36. The molecular weight excluding hydrogens is 190 g/mol. The van der Waals surface area contributed by atoms with E-state index in [4.69, 9.17) is 21.4 Å². The first-order valence-corrected chi connectivity index (χ1v) is 5.03. The van der Waals surface area contributed by atoms with Gasteiger partial charge in [0.25, 0.3) is 0 Å². The molecule has 0 atom stereocenters. The fourth-order valence-corrected chi connectivity index (χ4v) is 0.737. The molecule has 0 aliphatic heterocycles. The van der Waals surface area contributed by atoms with Crippen LogP contribution in [-0.4, -0.2) is 28.6 Å². The molecule has 0 spiro atoms. The van der Waals surface area contributed by atoms with Gasteiger partial charge in [0.15, 0.2) is 0 Å². The predicted molar refractivity (Wildman–Crippen MR) is 41.4 cm³/mol. The normalized spacial score (nSPS) is 10.5. The van der Waals surface area contributed by atoms with Crippen molar-refractivity contribution in [3.8, 4) is 11.8 Å². The summed E-state index contributed by atoms with van der Waals surface area (Å²) in [7, 11) is -4.04. The number of alkyl halides is 1. The van der Waals surface area contributed by atoms with Gasteiger partial charge in [0.2, 0.25) is 0 Å². The van der Waals surface area contributed by atoms with Crippen LogP contribution in [0, 0.1) is 11.8 Å². The average molecular weight is 199 g/mol. The summed E-state index contributed by atoms with van der Waals surface area (Å²) >= 11 is 5.19. The number of halogens is 1. The Morgan fingerprint density at radius 3 is 2.55 bits per heavy atom. The Kier molecular flexibility index (Phi) is 5.57. The smallest absolute Gasteiger partial charge is 0.351 e. The van der Waals surface area contributed by atoms with Gasteiger partial charge < -0.3 is 14.5 Å². The van der Waals surface area contributed by atoms with E-state index < -0.39 is 13.9 Å². The molecule has 0 fully saturated rings. The molecule has 0 aromatic carbocycles. The molecule has 0 unspecified atom stereocenters. The van der Waals surface area contributed by atoms with E-state index in [9.17, 15) is 4.57 Å². The van der Waals surface area contributed by atoms with Gasteiger partial charge in [-0.3, -0.25) is 4.57 Å². The summed E-state index contributed by atoms with van der Waals surface area (Å²) in [4.78, 5) is 16.6. The molecule has 11 heavy (non-hydrogen) atoms. The fourth-order valence-electron chi connectivity index (χ4n) is 0.314. The van der Waals surface area contributed by atoms with Crippen molar-refractivity contribution in [2.75, 3.05) is 18.8 Å². The minimum absolute atomic E-state index is 0.00215. The van der Waals surface area contributed by atoms with Gasteiger partial charge in [-0.25, -0.2) is 0 Å². The zero-order valence-electron chi connectivity index (χ0n) is 5.66. The quantitative estimate of drug-likeness (QED) is 0.298. The number of hydrogen-bond donors (Lipinski definition) is 2. The summed E-state index contributed by atoms with van der Waals surface area (Å²) in [6.07, 6.45) is -0.593. The van der Waals surface area contributed by atoms with Gasteiger partial charge in [0, 0.05) is 0 Å². The highest BCUT2D eigenvalue weighted by Crippen LogP contribution is 2.33. The molecule has 2 N–H and O–H groups in total. The molecule has 0 saturated heterocycles. The van der Waals surface area contributed by atoms with Crippen LogP contribution < -0.4 is 0 Å². The van der Waals surface area contributed by atoms with Crippen molar-refractivity contribution < 1.29 is 19.1 Å². The van der Waals surface area contributed by atoms with Gasteiger partial charge in [-0.15, -0.1) is 11.6 Å². The highest BCUT2D eigenvalue weighted by Gasteiger charge is 2.11. The maximum Gasteiger partial charge on any atom is 0.351 e. The standard InChI is InChI=1S/C5H8ClO4P/c6-3-1-2-4-10-5-11(7,8)9/h3-5H2,(H2,7,8,9). The Bertz CT molecular complexity index is 200. The second-order valence-corrected chi connectivity index (χ2v) is 3.48. The van der Waals surface area contributed by atoms with E-state index in [1.54, 1.807) is 0 Å². The molecule has 0 radical (unpaired) electrons. The summed E-state index contributed by atoms with van der Waals surface area (Å²) in [5.41, 5.74) is 0. The first kappa shape index (κ1) is 11.0. The molecule has 0 aromatic rings. The number of hydrogen-bond acceptors (Lipinski definition) is 2. The third-order valence-corrected chi connectivity index (χ3v) is 1.28. The van der Waals surface area contributed by atoms with E-state index in [0.717, 1.165) is 0 Å². The summed E-state index contributed by atoms with van der Waals surface area (Å²) in [6, 6.07) is 0. The first-order valence-electron chi connectivity index (χ1n) is 2.70. The van der Waals surface area contributed by atoms with E-state index >= 15 is 0 Å². The van der Waals surface area contributed by atoms with E-state index in [0.29, 0.717) is 0 Å². The first-order chi connectivity index (χ1) is 5.06. The molecule has 4 nitrogen and oxygen atoms in total. The summed E-state index contributed by atoms with van der Waals surface area (Å²) < 4.78 is 14.7. The average Bonchev–Trinajstić information content (AvgIpc) is 1.85. The van der Waals surface area contributed by atoms with Gasteiger partial charge in [-0.1, -0.05) is 11.8 Å². The van der Waals surface area contributed by atoms with Crippen LogP contribution in [0.1, 0.15) is 0 Å². The van der Waals surface area contributed by atoms with E-state index in [1.165, 1.54) is 0 Å². The molecule has 0 heterocycles. The Hall–Kier alpha value is -0.0400. The maximum absolute atomic E-state index is 10.2. The monoisotopic (exact) mass is 198 g/mol. The highest BCUT2D eigenvalue weighted by molar-refractivity contribution is 7.51. The Morgan fingerprint density at radius 2 is 2.09 bits per heavy atom. The molecule has 0 aliphatic carbocycles. The Morgan fingerprint density at radius 1 is 1.45 bits per heavy atom. The molecule has 0 saturated carbocycles. The zero-order chi connectivity index (χ0) is 8.74. The summed E-state index contributed by atoms with van der Waals surface area (Å²) in [5, 5.41) is 0. The van der Waals surface area contributed by atoms with Crippen molar-refractivity contribution in [1.29, 1.82) is 0 Å². The molecule has 0 rings (SSSR count). The minimum atomic E-state index is -4.04. The third kappa shape index (κ3) is 9.96. The van der Waals surface area contributed by atoms with E-state index in [1.807, 2.05) is 0 Å². The molecule has 0 aliphatic rings. The maximum atomic E-state index is 10.2. The molecule has 0 aromatic heterocycles. The molecule has 64 valence electrons. The third-order valence-electron chi connectivity index (χ3n) is 0.626. The molecular formula is C5H8ClO4P. The van der Waals surface area contributed by atoms with Gasteiger partial charge in [0.05, 0.1) is 5.88 Å². The number of ether oxygens (including phenoxy) is 1. The van der Waals surface area contributed by atoms with Gasteiger partial charge >= 0.3 is 7.60 Å². The van der Waals surface area contributed by atoms with E-state index in [-0.39, 0.29) is 12.5 Å². The number of rotatable bonds is 3. The van der Waals surface area contributed by atoms with Crippen LogP contribution in [0.4, 0.5) is 0 Å². The van der Waals surface area contributed by atoms with E-state index in [2.05, 4.69) is 16.6 Å². The van der Waals surface area contributed by atoms with Crippen molar-refractivity contribution in [2.45, 2.75) is 0 Å². The van der Waals surface area contributed by atoms with Crippen LogP contribution in [0.2, 0.25) is 0 Å². The lowest BCUT2D eigenvalue weighted by atomic mass is 10.6. The predicted octanol–water partition coefficient (Wildman–Crippen LogP) is 0.380. The van der Waals surface area contributed by atoms with Crippen molar-refractivity contribution in [3.05, 3.63) is 0 Å². The van der Waals surface area contributed by atoms with Crippen LogP contribution >= 0.6 is 19.2 Å². The van der Waals surface area contributed by atoms with Gasteiger partial charge in [-0.2, -0.15) is 0 Å². The Labute approximate surface area is 69.7 Å². The van der Waals surface area contributed by atoms with Gasteiger partial charge in [-0.05, 0) is 0 Å². The fraction of sp³-hybridized carbons (Fsp3) is 0.600. The minimum Gasteiger partial charge on any atom is -0.356 e. The molecule has 0 amide bonds. The van der Waals surface area contributed by atoms with Crippen LogP contribution in [0.5, 0.6) is 0 Å². The topological polar surface area (TPSA) is 66.8 Å². The molecule has 6 heteroatoms.